The van der Waals surface area contributed by atoms with Crippen LogP contribution in [0.4, 0.5) is 16.2 Å². The molecule has 0 spiro atoms. The SMILES string of the molecule is C=C(c1ccc(-c2ccc(NC(=O)Nc3ccc(CC)cc3)cc2)cc1)[C@@H]1CCC[C@H]1C(=O)O. The maximum Gasteiger partial charge on any atom is 0.323 e. The van der Waals surface area contributed by atoms with Crippen molar-refractivity contribution in [1.82, 2.24) is 0 Å². The van der Waals surface area contributed by atoms with Crippen LogP contribution >= 0.6 is 0 Å². The molecule has 0 heterocycles. The van der Waals surface area contributed by atoms with Crippen LogP contribution in [-0.4, -0.2) is 17.1 Å². The molecule has 2 amide bonds. The number of nitrogens with one attached hydrogen (secondary N) is 2. The van der Waals surface area contributed by atoms with Crippen molar-refractivity contribution in [3.8, 4) is 11.1 Å². The van der Waals surface area contributed by atoms with Gasteiger partial charge in [-0.3, -0.25) is 4.79 Å². The van der Waals surface area contributed by atoms with Crippen molar-refractivity contribution < 1.29 is 14.7 Å². The molecule has 174 valence electrons. The molecule has 34 heavy (non-hydrogen) atoms. The molecule has 3 N–H and O–H groups in total. The van der Waals surface area contributed by atoms with Gasteiger partial charge in [0.2, 0.25) is 0 Å². The van der Waals surface area contributed by atoms with Crippen molar-refractivity contribution in [1.29, 1.82) is 0 Å². The fourth-order valence-corrected chi connectivity index (χ4v) is 4.63. The van der Waals surface area contributed by atoms with Crippen LogP contribution in [0, 0.1) is 11.8 Å². The normalized spacial score (nSPS) is 17.2. The molecule has 1 fully saturated rings. The molecule has 0 bridgehead atoms. The van der Waals surface area contributed by atoms with Gasteiger partial charge in [0.25, 0.3) is 0 Å². The summed E-state index contributed by atoms with van der Waals surface area (Å²) in [5, 5.41) is 15.2. The van der Waals surface area contributed by atoms with Gasteiger partial charge in [-0.15, -0.1) is 0 Å². The van der Waals surface area contributed by atoms with E-state index in [1.54, 1.807) is 0 Å². The maximum absolute atomic E-state index is 12.3. The molecule has 5 heteroatoms. The van der Waals surface area contributed by atoms with Crippen LogP contribution in [0.25, 0.3) is 16.7 Å². The highest BCUT2D eigenvalue weighted by molar-refractivity contribution is 5.99. The van der Waals surface area contributed by atoms with E-state index in [1.807, 2.05) is 72.8 Å². The molecule has 0 saturated heterocycles. The van der Waals surface area contributed by atoms with Gasteiger partial charge in [0, 0.05) is 11.4 Å². The van der Waals surface area contributed by atoms with Crippen molar-refractivity contribution in [2.75, 3.05) is 10.6 Å². The van der Waals surface area contributed by atoms with Gasteiger partial charge in [-0.1, -0.05) is 68.5 Å². The Morgan fingerprint density at radius 2 is 1.32 bits per heavy atom. The topological polar surface area (TPSA) is 78.4 Å². The van der Waals surface area contributed by atoms with Gasteiger partial charge in [-0.05, 0) is 77.3 Å². The number of carboxylic acids is 1. The molecule has 0 aromatic heterocycles. The summed E-state index contributed by atoms with van der Waals surface area (Å²) in [4.78, 5) is 23.8. The third-order valence-corrected chi connectivity index (χ3v) is 6.63. The lowest BCUT2D eigenvalue weighted by Gasteiger charge is -2.19. The third-order valence-electron chi connectivity index (χ3n) is 6.63. The van der Waals surface area contributed by atoms with E-state index in [0.717, 1.165) is 53.6 Å². The summed E-state index contributed by atoms with van der Waals surface area (Å²) in [6.07, 6.45) is 3.49. The van der Waals surface area contributed by atoms with Crippen LogP contribution in [-0.2, 0) is 11.2 Å². The summed E-state index contributed by atoms with van der Waals surface area (Å²) in [5.74, 6) is -1.05. The summed E-state index contributed by atoms with van der Waals surface area (Å²) >= 11 is 0. The van der Waals surface area contributed by atoms with Crippen molar-refractivity contribution >= 4 is 28.9 Å². The zero-order valence-electron chi connectivity index (χ0n) is 19.4. The second-order valence-corrected chi connectivity index (χ2v) is 8.79. The van der Waals surface area contributed by atoms with Crippen LogP contribution in [0.3, 0.4) is 0 Å². The smallest absolute Gasteiger partial charge is 0.323 e. The second-order valence-electron chi connectivity index (χ2n) is 8.79. The summed E-state index contributed by atoms with van der Waals surface area (Å²) in [7, 11) is 0. The molecule has 0 unspecified atom stereocenters. The Kier molecular flexibility index (Phi) is 7.12. The number of amides is 2. The van der Waals surface area contributed by atoms with Crippen molar-refractivity contribution in [2.24, 2.45) is 11.8 Å². The molecule has 2 atom stereocenters. The number of carbonyl (C=O) groups is 2. The van der Waals surface area contributed by atoms with Crippen LogP contribution in [0.2, 0.25) is 0 Å². The first kappa shape index (κ1) is 23.3. The largest absolute Gasteiger partial charge is 0.481 e. The number of hydrogen-bond acceptors (Lipinski definition) is 2. The van der Waals surface area contributed by atoms with Gasteiger partial charge in [-0.2, -0.15) is 0 Å². The monoisotopic (exact) mass is 454 g/mol. The molecular weight excluding hydrogens is 424 g/mol. The minimum Gasteiger partial charge on any atom is -0.481 e. The zero-order valence-corrected chi connectivity index (χ0v) is 19.4. The fraction of sp³-hybridized carbons (Fsp3) is 0.241. The number of carboxylic acid groups (broad SMARTS) is 1. The van der Waals surface area contributed by atoms with E-state index >= 15 is 0 Å². The molecule has 0 radical (unpaired) electrons. The Bertz CT molecular complexity index is 1170. The molecule has 1 aliphatic carbocycles. The van der Waals surface area contributed by atoms with Gasteiger partial charge < -0.3 is 15.7 Å². The third kappa shape index (κ3) is 5.37. The van der Waals surface area contributed by atoms with Crippen LogP contribution in [0.5, 0.6) is 0 Å². The van der Waals surface area contributed by atoms with E-state index in [0.29, 0.717) is 5.69 Å². The Morgan fingerprint density at radius 3 is 1.85 bits per heavy atom. The molecule has 0 aliphatic heterocycles. The molecule has 3 aromatic rings. The number of aryl methyl sites for hydroxylation is 1. The van der Waals surface area contributed by atoms with Crippen molar-refractivity contribution in [2.45, 2.75) is 32.6 Å². The first-order valence-corrected chi connectivity index (χ1v) is 11.7. The zero-order chi connectivity index (χ0) is 24.1. The van der Waals surface area contributed by atoms with E-state index < -0.39 is 5.97 Å². The van der Waals surface area contributed by atoms with Crippen molar-refractivity contribution in [3.63, 3.8) is 0 Å². The summed E-state index contributed by atoms with van der Waals surface area (Å²) in [6, 6.07) is 23.3. The Morgan fingerprint density at radius 1 is 0.824 bits per heavy atom. The number of carbonyl (C=O) groups excluding carboxylic acids is 1. The van der Waals surface area contributed by atoms with E-state index in [2.05, 4.69) is 24.1 Å². The van der Waals surface area contributed by atoms with Crippen LogP contribution in [0.15, 0.2) is 79.4 Å². The quantitative estimate of drug-likeness (QED) is 0.357. The van der Waals surface area contributed by atoms with E-state index in [4.69, 9.17) is 0 Å². The van der Waals surface area contributed by atoms with E-state index in [9.17, 15) is 14.7 Å². The number of benzene rings is 3. The van der Waals surface area contributed by atoms with Gasteiger partial charge in [0.1, 0.15) is 0 Å². The lowest BCUT2D eigenvalue weighted by atomic mass is 9.85. The summed E-state index contributed by atoms with van der Waals surface area (Å²) < 4.78 is 0. The van der Waals surface area contributed by atoms with E-state index in [1.165, 1.54) is 5.56 Å². The minimum absolute atomic E-state index is 0.00411. The fourth-order valence-electron chi connectivity index (χ4n) is 4.63. The molecular formula is C29H30N2O3. The van der Waals surface area contributed by atoms with E-state index in [-0.39, 0.29) is 17.9 Å². The summed E-state index contributed by atoms with van der Waals surface area (Å²) in [5.41, 5.74) is 6.65. The first-order chi connectivity index (χ1) is 16.4. The average Bonchev–Trinajstić information content (AvgIpc) is 3.35. The second kappa shape index (κ2) is 10.4. The predicted octanol–water partition coefficient (Wildman–Crippen LogP) is 7.07. The maximum atomic E-state index is 12.3. The van der Waals surface area contributed by atoms with Crippen LogP contribution < -0.4 is 10.6 Å². The standard InChI is InChI=1S/C29H30N2O3/c1-3-20-7-15-24(16-8-20)30-29(34)31-25-17-13-23(14-18-25)22-11-9-21(10-12-22)19(2)26-5-4-6-27(26)28(32)33/h7-18,26-27H,2-6H2,1H3,(H,32,33)(H2,30,31,34)/t26-,27+/m0/s1. The van der Waals surface area contributed by atoms with Gasteiger partial charge in [-0.25, -0.2) is 4.79 Å². The highest BCUT2D eigenvalue weighted by Gasteiger charge is 2.34. The summed E-state index contributed by atoms with van der Waals surface area (Å²) in [6.45, 7) is 6.30. The number of rotatable bonds is 7. The van der Waals surface area contributed by atoms with Crippen molar-refractivity contribution in [3.05, 3.63) is 90.5 Å². The van der Waals surface area contributed by atoms with Crippen LogP contribution in [0.1, 0.15) is 37.3 Å². The molecule has 1 saturated carbocycles. The number of urea groups is 1. The molecule has 4 rings (SSSR count). The number of anilines is 2. The lowest BCUT2D eigenvalue weighted by molar-refractivity contribution is -0.142. The minimum atomic E-state index is -0.725. The Balaban J connectivity index is 1.37. The van der Waals surface area contributed by atoms with Gasteiger partial charge in [0.15, 0.2) is 0 Å². The number of aliphatic carboxylic acids is 1. The number of hydrogen-bond donors (Lipinski definition) is 3. The lowest BCUT2D eigenvalue weighted by Crippen LogP contribution is -2.19. The highest BCUT2D eigenvalue weighted by Crippen LogP contribution is 2.40. The van der Waals surface area contributed by atoms with Gasteiger partial charge in [0.05, 0.1) is 5.92 Å². The molecule has 1 aliphatic rings. The number of allylic oxidation sites excluding steroid dienone is 1. The Hall–Kier alpha value is -3.86. The van der Waals surface area contributed by atoms with Gasteiger partial charge >= 0.3 is 12.0 Å². The predicted molar refractivity (Wildman–Crippen MR) is 138 cm³/mol. The molecule has 3 aromatic carbocycles. The Labute approximate surface area is 200 Å². The molecule has 5 nitrogen and oxygen atoms in total. The highest BCUT2D eigenvalue weighted by atomic mass is 16.4. The first-order valence-electron chi connectivity index (χ1n) is 11.7. The average molecular weight is 455 g/mol.